The van der Waals surface area contributed by atoms with Gasteiger partial charge in [0.1, 0.15) is 0 Å². The average molecular weight is 189 g/mol. The van der Waals surface area contributed by atoms with E-state index in [9.17, 15) is 0 Å². The molecule has 0 radical (unpaired) electrons. The molecule has 0 spiro atoms. The van der Waals surface area contributed by atoms with E-state index in [1.54, 1.807) is 0 Å². The quantitative estimate of drug-likeness (QED) is 0.407. The number of nitrogens with two attached hydrogens (primary N) is 1. The van der Waals surface area contributed by atoms with E-state index in [1.165, 1.54) is 6.21 Å². The number of hydrogen-bond donors (Lipinski definition) is 1. The monoisotopic (exact) mass is 189 g/mol. The Bertz CT molecular complexity index is 454. The second kappa shape index (κ2) is 4.34. The summed E-state index contributed by atoms with van der Waals surface area (Å²) in [7, 11) is 0. The summed E-state index contributed by atoms with van der Waals surface area (Å²) in [6, 6.07) is 11.8. The Hall–Kier alpha value is -1.94. The van der Waals surface area contributed by atoms with Crippen LogP contribution in [0.4, 0.5) is 0 Å². The molecule has 0 saturated carbocycles. The van der Waals surface area contributed by atoms with Gasteiger partial charge in [0, 0.05) is 5.39 Å². The van der Waals surface area contributed by atoms with Crippen molar-refractivity contribution in [1.29, 1.82) is 0 Å². The zero-order valence-corrected chi connectivity index (χ0v) is 7.51. The molecule has 1 aromatic heterocycles. The van der Waals surface area contributed by atoms with Gasteiger partial charge in [0.15, 0.2) is 0 Å². The molecule has 2 aromatic rings. The SMILES string of the molecule is NN=Cc1ccc2ccccc2n1.O. The maximum absolute atomic E-state index is 5.03. The summed E-state index contributed by atoms with van der Waals surface area (Å²) >= 11 is 0. The van der Waals surface area contributed by atoms with E-state index in [4.69, 9.17) is 5.84 Å². The minimum Gasteiger partial charge on any atom is -0.412 e. The molecule has 14 heavy (non-hydrogen) atoms. The van der Waals surface area contributed by atoms with Crippen molar-refractivity contribution in [2.24, 2.45) is 10.9 Å². The van der Waals surface area contributed by atoms with Crippen molar-refractivity contribution in [1.82, 2.24) is 4.98 Å². The van der Waals surface area contributed by atoms with Crippen LogP contribution in [-0.4, -0.2) is 16.7 Å². The van der Waals surface area contributed by atoms with E-state index >= 15 is 0 Å². The minimum absolute atomic E-state index is 0. The molecular formula is C10H11N3O. The largest absolute Gasteiger partial charge is 0.412 e. The molecule has 0 atom stereocenters. The molecule has 0 amide bonds. The van der Waals surface area contributed by atoms with Crippen LogP contribution < -0.4 is 5.84 Å². The van der Waals surface area contributed by atoms with E-state index in [0.29, 0.717) is 0 Å². The molecule has 0 unspecified atom stereocenters. The number of pyridine rings is 1. The smallest absolute Gasteiger partial charge is 0.0837 e. The zero-order chi connectivity index (χ0) is 9.10. The molecule has 0 aliphatic rings. The topological polar surface area (TPSA) is 82.8 Å². The molecule has 0 aliphatic heterocycles. The summed E-state index contributed by atoms with van der Waals surface area (Å²) in [4.78, 5) is 4.34. The molecule has 0 aliphatic carbocycles. The normalized spacial score (nSPS) is 10.3. The highest BCUT2D eigenvalue weighted by Crippen LogP contribution is 2.10. The van der Waals surface area contributed by atoms with Crippen molar-refractivity contribution in [3.8, 4) is 0 Å². The predicted octanol–water partition coefficient (Wildman–Crippen LogP) is 0.703. The van der Waals surface area contributed by atoms with Crippen LogP contribution in [0, 0.1) is 0 Å². The van der Waals surface area contributed by atoms with E-state index in [-0.39, 0.29) is 5.48 Å². The Morgan fingerprint density at radius 1 is 1.14 bits per heavy atom. The Balaban J connectivity index is 0.000000980. The summed E-state index contributed by atoms with van der Waals surface area (Å²) in [5.74, 6) is 5.03. The first-order valence-corrected chi connectivity index (χ1v) is 3.99. The van der Waals surface area contributed by atoms with Gasteiger partial charge in [0.25, 0.3) is 0 Å². The number of nitrogens with zero attached hydrogens (tertiary/aromatic N) is 2. The van der Waals surface area contributed by atoms with Gasteiger partial charge in [-0.1, -0.05) is 24.3 Å². The van der Waals surface area contributed by atoms with Crippen LogP contribution in [0.1, 0.15) is 5.69 Å². The summed E-state index contributed by atoms with van der Waals surface area (Å²) in [6.45, 7) is 0. The summed E-state index contributed by atoms with van der Waals surface area (Å²) in [5, 5.41) is 4.55. The Morgan fingerprint density at radius 2 is 1.93 bits per heavy atom. The van der Waals surface area contributed by atoms with Gasteiger partial charge in [-0.05, 0) is 12.1 Å². The third kappa shape index (κ3) is 1.86. The Kier molecular flexibility index (Phi) is 3.14. The summed E-state index contributed by atoms with van der Waals surface area (Å²) < 4.78 is 0. The van der Waals surface area contributed by atoms with Crippen molar-refractivity contribution >= 4 is 17.1 Å². The van der Waals surface area contributed by atoms with Gasteiger partial charge in [-0.3, -0.25) is 0 Å². The second-order valence-corrected chi connectivity index (χ2v) is 2.71. The maximum atomic E-state index is 5.03. The van der Waals surface area contributed by atoms with Crippen LogP contribution >= 0.6 is 0 Å². The third-order valence-electron chi connectivity index (χ3n) is 1.83. The lowest BCUT2D eigenvalue weighted by Gasteiger charge is -1.96. The lowest BCUT2D eigenvalue weighted by molar-refractivity contribution is 0.824. The van der Waals surface area contributed by atoms with Gasteiger partial charge < -0.3 is 11.3 Å². The van der Waals surface area contributed by atoms with Crippen LogP contribution in [0.5, 0.6) is 0 Å². The molecule has 0 bridgehead atoms. The number of hydrogen-bond acceptors (Lipinski definition) is 3. The van der Waals surface area contributed by atoms with Gasteiger partial charge in [-0.25, -0.2) is 4.98 Å². The van der Waals surface area contributed by atoms with Crippen molar-refractivity contribution < 1.29 is 5.48 Å². The number of rotatable bonds is 1. The third-order valence-corrected chi connectivity index (χ3v) is 1.83. The highest BCUT2D eigenvalue weighted by Gasteiger charge is 1.93. The van der Waals surface area contributed by atoms with Crippen LogP contribution in [-0.2, 0) is 0 Å². The summed E-state index contributed by atoms with van der Waals surface area (Å²) in [6.07, 6.45) is 1.53. The van der Waals surface area contributed by atoms with Gasteiger partial charge >= 0.3 is 0 Å². The first-order valence-electron chi connectivity index (χ1n) is 3.99. The van der Waals surface area contributed by atoms with Crippen LogP contribution in [0.2, 0.25) is 0 Å². The fourth-order valence-corrected chi connectivity index (χ4v) is 1.23. The fraction of sp³-hybridized carbons (Fsp3) is 0. The number of benzene rings is 1. The Labute approximate surface area is 81.4 Å². The molecule has 4 N–H and O–H groups in total. The minimum atomic E-state index is 0. The number of para-hydroxylation sites is 1. The molecule has 4 nitrogen and oxygen atoms in total. The molecular weight excluding hydrogens is 178 g/mol. The fourth-order valence-electron chi connectivity index (χ4n) is 1.23. The standard InChI is InChI=1S/C10H9N3.H2O/c11-12-7-9-6-5-8-3-1-2-4-10(8)13-9;/h1-7H,11H2;1H2. The first kappa shape index (κ1) is 10.1. The van der Waals surface area contributed by atoms with Gasteiger partial charge in [0.2, 0.25) is 0 Å². The number of fused-ring (bicyclic) bond motifs is 1. The number of aromatic nitrogens is 1. The van der Waals surface area contributed by atoms with E-state index < -0.39 is 0 Å². The highest BCUT2D eigenvalue weighted by atomic mass is 16.0. The van der Waals surface area contributed by atoms with Gasteiger partial charge in [-0.15, -0.1) is 0 Å². The van der Waals surface area contributed by atoms with E-state index in [1.807, 2.05) is 36.4 Å². The van der Waals surface area contributed by atoms with E-state index in [0.717, 1.165) is 16.6 Å². The molecule has 0 saturated heterocycles. The number of hydrazone groups is 1. The van der Waals surface area contributed by atoms with Crippen molar-refractivity contribution in [3.63, 3.8) is 0 Å². The molecule has 1 aromatic carbocycles. The molecule has 72 valence electrons. The van der Waals surface area contributed by atoms with Gasteiger partial charge in [0.05, 0.1) is 17.4 Å². The van der Waals surface area contributed by atoms with Crippen molar-refractivity contribution in [2.75, 3.05) is 0 Å². The van der Waals surface area contributed by atoms with Crippen molar-refractivity contribution in [2.45, 2.75) is 0 Å². The molecule has 1 heterocycles. The predicted molar refractivity (Wildman–Crippen MR) is 57.1 cm³/mol. The molecule has 2 rings (SSSR count). The molecule has 4 heteroatoms. The van der Waals surface area contributed by atoms with Gasteiger partial charge in [-0.2, -0.15) is 5.10 Å². The average Bonchev–Trinajstić information content (AvgIpc) is 2.18. The Morgan fingerprint density at radius 3 is 2.71 bits per heavy atom. The van der Waals surface area contributed by atoms with Crippen LogP contribution in [0.3, 0.4) is 0 Å². The summed E-state index contributed by atoms with van der Waals surface area (Å²) in [5.41, 5.74) is 1.74. The van der Waals surface area contributed by atoms with E-state index in [2.05, 4.69) is 10.1 Å². The van der Waals surface area contributed by atoms with Crippen LogP contribution in [0.25, 0.3) is 10.9 Å². The first-order chi connectivity index (χ1) is 6.40. The van der Waals surface area contributed by atoms with Crippen LogP contribution in [0.15, 0.2) is 41.5 Å². The second-order valence-electron chi connectivity index (χ2n) is 2.71. The zero-order valence-electron chi connectivity index (χ0n) is 7.51. The lowest BCUT2D eigenvalue weighted by atomic mass is 10.2. The molecule has 0 fully saturated rings. The van der Waals surface area contributed by atoms with Crippen molar-refractivity contribution in [3.05, 3.63) is 42.1 Å². The maximum Gasteiger partial charge on any atom is 0.0837 e. The highest BCUT2D eigenvalue weighted by molar-refractivity contribution is 5.84. The lowest BCUT2D eigenvalue weighted by Crippen LogP contribution is -1.90.